The highest BCUT2D eigenvalue weighted by Gasteiger charge is 2.09. The Morgan fingerprint density at radius 2 is 1.87 bits per heavy atom. The Morgan fingerprint density at radius 1 is 1.13 bits per heavy atom. The third kappa shape index (κ3) is 1.60. The molecule has 0 radical (unpaired) electrons. The van der Waals surface area contributed by atoms with Crippen LogP contribution in [0.4, 0.5) is 8.78 Å². The summed E-state index contributed by atoms with van der Waals surface area (Å²) < 4.78 is 26.6. The Morgan fingerprint density at radius 3 is 2.53 bits per heavy atom. The van der Waals surface area contributed by atoms with E-state index in [1.54, 1.807) is 6.07 Å². The molecule has 0 N–H and O–H groups in total. The minimum Gasteiger partial charge on any atom is -0.207 e. The van der Waals surface area contributed by atoms with Crippen molar-refractivity contribution in [2.75, 3.05) is 0 Å². The third-order valence-corrected chi connectivity index (χ3v) is 2.68. The number of hydrogen-bond donors (Lipinski definition) is 0. The lowest BCUT2D eigenvalue weighted by molar-refractivity contribution is 0.613. The fourth-order valence-corrected chi connectivity index (χ4v) is 2.04. The topological polar surface area (TPSA) is 0 Å². The van der Waals surface area contributed by atoms with Gasteiger partial charge in [-0.15, -0.1) is 0 Å². The summed E-state index contributed by atoms with van der Waals surface area (Å²) in [5.74, 6) is -0.478. The Bertz CT molecular complexity index is 515. The number of rotatable bonds is 1. The zero-order chi connectivity index (χ0) is 11.0. The molecule has 0 saturated carbocycles. The van der Waals surface area contributed by atoms with Gasteiger partial charge in [0.05, 0.1) is 0 Å². The van der Waals surface area contributed by atoms with E-state index in [4.69, 9.17) is 0 Å². The van der Waals surface area contributed by atoms with Crippen molar-refractivity contribution in [1.29, 1.82) is 0 Å². The summed E-state index contributed by atoms with van der Waals surface area (Å²) in [6.45, 7) is 3.71. The van der Waals surface area contributed by atoms with Gasteiger partial charge in [0.25, 0.3) is 0 Å². The molecule has 2 aromatic rings. The molecule has 0 atom stereocenters. The van der Waals surface area contributed by atoms with Crippen LogP contribution < -0.4 is 0 Å². The molecule has 0 aromatic heterocycles. The lowest BCUT2D eigenvalue weighted by Crippen LogP contribution is -1.93. The molecule has 2 rings (SSSR count). The predicted octanol–water partition coefficient (Wildman–Crippen LogP) is 3.99. The number of hydrogen-bond acceptors (Lipinski definition) is 0. The molecule has 0 saturated heterocycles. The molecule has 0 unspecified atom stereocenters. The average molecular weight is 206 g/mol. The Labute approximate surface area is 87.5 Å². The Hall–Kier alpha value is -1.44. The van der Waals surface area contributed by atoms with E-state index in [-0.39, 0.29) is 11.6 Å². The van der Waals surface area contributed by atoms with Crippen molar-refractivity contribution >= 4 is 10.8 Å². The number of halogens is 2. The smallest absolute Gasteiger partial charge is 0.127 e. The van der Waals surface area contributed by atoms with Crippen LogP contribution in [0, 0.1) is 18.6 Å². The molecule has 0 amide bonds. The number of fused-ring (bicyclic) bond motifs is 1. The maximum absolute atomic E-state index is 13.5. The molecular weight excluding hydrogens is 194 g/mol. The van der Waals surface area contributed by atoms with Gasteiger partial charge in [0.2, 0.25) is 0 Å². The molecule has 0 bridgehead atoms. The van der Waals surface area contributed by atoms with Gasteiger partial charge >= 0.3 is 0 Å². The van der Waals surface area contributed by atoms with Crippen LogP contribution in [0.3, 0.4) is 0 Å². The summed E-state index contributed by atoms with van der Waals surface area (Å²) in [4.78, 5) is 0. The quantitative estimate of drug-likeness (QED) is 0.661. The fraction of sp³-hybridized carbons (Fsp3) is 0.231. The lowest BCUT2D eigenvalue weighted by atomic mass is 9.98. The second kappa shape index (κ2) is 3.61. The van der Waals surface area contributed by atoms with Gasteiger partial charge in [0.1, 0.15) is 11.6 Å². The van der Waals surface area contributed by atoms with Crippen LogP contribution in [0.1, 0.15) is 18.1 Å². The fourth-order valence-electron chi connectivity index (χ4n) is 2.04. The summed E-state index contributed by atoms with van der Waals surface area (Å²) in [6.07, 6.45) is 0.621. The SMILES string of the molecule is CCc1c(F)ccc2cc(F)cc(C)c12. The highest BCUT2D eigenvalue weighted by Crippen LogP contribution is 2.26. The van der Waals surface area contributed by atoms with Gasteiger partial charge in [-0.2, -0.15) is 0 Å². The number of benzene rings is 2. The highest BCUT2D eigenvalue weighted by atomic mass is 19.1. The summed E-state index contributed by atoms with van der Waals surface area (Å²) in [5.41, 5.74) is 1.46. The number of aryl methyl sites for hydroxylation is 2. The van der Waals surface area contributed by atoms with Crippen LogP contribution in [-0.2, 0) is 6.42 Å². The standard InChI is InChI=1S/C13H12F2/c1-3-11-12(15)5-4-9-7-10(14)6-8(2)13(9)11/h4-7H,3H2,1-2H3. The molecule has 78 valence electrons. The lowest BCUT2D eigenvalue weighted by Gasteiger charge is -2.09. The monoisotopic (exact) mass is 206 g/mol. The van der Waals surface area contributed by atoms with Crippen LogP contribution in [0.15, 0.2) is 24.3 Å². The van der Waals surface area contributed by atoms with Crippen molar-refractivity contribution in [2.45, 2.75) is 20.3 Å². The largest absolute Gasteiger partial charge is 0.207 e. The molecule has 2 heteroatoms. The van der Waals surface area contributed by atoms with E-state index in [1.807, 2.05) is 13.8 Å². The maximum Gasteiger partial charge on any atom is 0.127 e. The zero-order valence-electron chi connectivity index (χ0n) is 8.77. The third-order valence-electron chi connectivity index (χ3n) is 2.68. The van der Waals surface area contributed by atoms with Crippen LogP contribution in [0.2, 0.25) is 0 Å². The maximum atomic E-state index is 13.5. The van der Waals surface area contributed by atoms with Crippen LogP contribution in [0.25, 0.3) is 10.8 Å². The first-order chi connectivity index (χ1) is 7.13. The summed E-state index contributed by atoms with van der Waals surface area (Å²) in [7, 11) is 0. The van der Waals surface area contributed by atoms with Crippen LogP contribution >= 0.6 is 0 Å². The van der Waals surface area contributed by atoms with Gasteiger partial charge in [0, 0.05) is 0 Å². The van der Waals surface area contributed by atoms with E-state index in [1.165, 1.54) is 18.2 Å². The molecule has 0 nitrogen and oxygen atoms in total. The second-order valence-corrected chi connectivity index (χ2v) is 3.70. The first kappa shape index (κ1) is 10.1. The summed E-state index contributed by atoms with van der Waals surface area (Å²) in [6, 6.07) is 5.92. The Balaban J connectivity index is 2.91. The van der Waals surface area contributed by atoms with E-state index in [0.29, 0.717) is 12.0 Å². The van der Waals surface area contributed by atoms with Crippen LogP contribution in [0.5, 0.6) is 0 Å². The predicted molar refractivity (Wildman–Crippen MR) is 58.0 cm³/mol. The Kier molecular flexibility index (Phi) is 2.43. The molecule has 0 aliphatic rings. The van der Waals surface area contributed by atoms with E-state index in [0.717, 1.165) is 16.3 Å². The van der Waals surface area contributed by atoms with Gasteiger partial charge in [-0.05, 0) is 53.4 Å². The first-order valence-corrected chi connectivity index (χ1v) is 5.00. The van der Waals surface area contributed by atoms with E-state index in [9.17, 15) is 8.78 Å². The molecular formula is C13H12F2. The van der Waals surface area contributed by atoms with E-state index in [2.05, 4.69) is 0 Å². The molecule has 2 aromatic carbocycles. The van der Waals surface area contributed by atoms with Crippen molar-refractivity contribution in [2.24, 2.45) is 0 Å². The van der Waals surface area contributed by atoms with Gasteiger partial charge < -0.3 is 0 Å². The molecule has 0 spiro atoms. The average Bonchev–Trinajstić information content (AvgIpc) is 2.18. The van der Waals surface area contributed by atoms with E-state index < -0.39 is 0 Å². The van der Waals surface area contributed by atoms with Crippen LogP contribution in [-0.4, -0.2) is 0 Å². The van der Waals surface area contributed by atoms with Gasteiger partial charge in [-0.1, -0.05) is 13.0 Å². The summed E-state index contributed by atoms with van der Waals surface area (Å²) in [5, 5.41) is 1.62. The normalized spacial score (nSPS) is 10.9. The van der Waals surface area contributed by atoms with Crippen molar-refractivity contribution in [3.8, 4) is 0 Å². The van der Waals surface area contributed by atoms with Crippen molar-refractivity contribution in [3.05, 3.63) is 47.0 Å². The first-order valence-electron chi connectivity index (χ1n) is 5.00. The highest BCUT2D eigenvalue weighted by molar-refractivity contribution is 5.89. The molecule has 0 heterocycles. The van der Waals surface area contributed by atoms with Crippen molar-refractivity contribution < 1.29 is 8.78 Å². The minimum absolute atomic E-state index is 0.209. The van der Waals surface area contributed by atoms with Gasteiger partial charge in [0.15, 0.2) is 0 Å². The minimum atomic E-state index is -0.270. The van der Waals surface area contributed by atoms with Crippen molar-refractivity contribution in [3.63, 3.8) is 0 Å². The van der Waals surface area contributed by atoms with Crippen molar-refractivity contribution in [1.82, 2.24) is 0 Å². The van der Waals surface area contributed by atoms with E-state index >= 15 is 0 Å². The molecule has 15 heavy (non-hydrogen) atoms. The molecule has 0 aliphatic carbocycles. The molecule has 0 fully saturated rings. The molecule has 0 aliphatic heterocycles. The summed E-state index contributed by atoms with van der Waals surface area (Å²) >= 11 is 0. The second-order valence-electron chi connectivity index (χ2n) is 3.70. The van der Waals surface area contributed by atoms with Gasteiger partial charge in [-0.3, -0.25) is 0 Å². The van der Waals surface area contributed by atoms with Gasteiger partial charge in [-0.25, -0.2) is 8.78 Å². The zero-order valence-corrected chi connectivity index (χ0v) is 8.77.